The van der Waals surface area contributed by atoms with Crippen LogP contribution < -0.4 is 0 Å². The Hall–Kier alpha value is -0.890. The molecule has 1 N–H and O–H groups in total. The van der Waals surface area contributed by atoms with E-state index in [1.807, 2.05) is 0 Å². The molecule has 1 nitrogen and oxygen atoms in total. The first kappa shape index (κ1) is 12.2. The van der Waals surface area contributed by atoms with Gasteiger partial charge in [-0.1, -0.05) is 44.4 Å². The van der Waals surface area contributed by atoms with Gasteiger partial charge >= 0.3 is 0 Å². The van der Waals surface area contributed by atoms with Gasteiger partial charge in [0.2, 0.25) is 0 Å². The van der Waals surface area contributed by atoms with Crippen molar-refractivity contribution in [2.45, 2.75) is 45.6 Å². The summed E-state index contributed by atoms with van der Waals surface area (Å²) in [5, 5.41) is 9.81. The molecule has 0 saturated heterocycles. The van der Waals surface area contributed by atoms with Crippen molar-refractivity contribution in [1.82, 2.24) is 0 Å². The van der Waals surface area contributed by atoms with E-state index in [1.165, 1.54) is 0 Å². The van der Waals surface area contributed by atoms with Gasteiger partial charge in [-0.3, -0.25) is 0 Å². The molecule has 84 valence electrons. The van der Waals surface area contributed by atoms with Crippen molar-refractivity contribution in [2.75, 3.05) is 0 Å². The highest BCUT2D eigenvalue weighted by atomic mass is 19.1. The van der Waals surface area contributed by atoms with Gasteiger partial charge in [0, 0.05) is 5.56 Å². The molecule has 0 amide bonds. The van der Waals surface area contributed by atoms with E-state index in [-0.39, 0.29) is 5.82 Å². The Morgan fingerprint density at radius 2 is 2.07 bits per heavy atom. The van der Waals surface area contributed by atoms with Gasteiger partial charge in [-0.25, -0.2) is 4.39 Å². The third kappa shape index (κ3) is 3.31. The first-order valence-corrected chi connectivity index (χ1v) is 5.60. The summed E-state index contributed by atoms with van der Waals surface area (Å²) in [4.78, 5) is 0. The zero-order valence-corrected chi connectivity index (χ0v) is 9.46. The summed E-state index contributed by atoms with van der Waals surface area (Å²) in [7, 11) is 0. The Balaban J connectivity index is 2.65. The van der Waals surface area contributed by atoms with Crippen LogP contribution in [-0.2, 0) is 0 Å². The number of aryl methyl sites for hydroxylation is 1. The number of halogens is 1. The van der Waals surface area contributed by atoms with Crippen molar-refractivity contribution < 1.29 is 9.50 Å². The zero-order valence-electron chi connectivity index (χ0n) is 9.46. The van der Waals surface area contributed by atoms with Gasteiger partial charge in [0.25, 0.3) is 0 Å². The maximum Gasteiger partial charge on any atom is 0.131 e. The maximum absolute atomic E-state index is 13.6. The first-order chi connectivity index (χ1) is 7.16. The third-order valence-corrected chi connectivity index (χ3v) is 2.66. The molecule has 0 radical (unpaired) electrons. The summed E-state index contributed by atoms with van der Waals surface area (Å²) in [6.07, 6.45) is 3.14. The molecule has 0 bridgehead atoms. The predicted molar refractivity (Wildman–Crippen MR) is 60.2 cm³/mol. The lowest BCUT2D eigenvalue weighted by atomic mass is 10.0. The topological polar surface area (TPSA) is 20.2 Å². The van der Waals surface area contributed by atoms with E-state index in [9.17, 15) is 9.50 Å². The Morgan fingerprint density at radius 1 is 1.33 bits per heavy atom. The number of hydrogen-bond donors (Lipinski definition) is 1. The highest BCUT2D eigenvalue weighted by Gasteiger charge is 2.13. The Labute approximate surface area is 90.9 Å². The molecule has 1 aromatic carbocycles. The minimum atomic E-state index is -0.656. The summed E-state index contributed by atoms with van der Waals surface area (Å²) < 4.78 is 13.6. The van der Waals surface area contributed by atoms with Gasteiger partial charge < -0.3 is 5.11 Å². The smallest absolute Gasteiger partial charge is 0.131 e. The van der Waals surface area contributed by atoms with Crippen LogP contribution in [0.2, 0.25) is 0 Å². The van der Waals surface area contributed by atoms with E-state index >= 15 is 0 Å². The average Bonchev–Trinajstić information content (AvgIpc) is 2.22. The van der Waals surface area contributed by atoms with Crippen molar-refractivity contribution in [3.8, 4) is 0 Å². The number of unbranched alkanes of at least 4 members (excludes halogenated alkanes) is 2. The number of rotatable bonds is 5. The summed E-state index contributed by atoms with van der Waals surface area (Å²) in [5.74, 6) is -0.263. The summed E-state index contributed by atoms with van der Waals surface area (Å²) in [6.45, 7) is 3.83. The summed E-state index contributed by atoms with van der Waals surface area (Å²) >= 11 is 0. The van der Waals surface area contributed by atoms with Crippen molar-refractivity contribution in [2.24, 2.45) is 0 Å². The molecular formula is C13H19FO. The minimum Gasteiger partial charge on any atom is -0.388 e. The van der Waals surface area contributed by atoms with Gasteiger partial charge in [0.1, 0.15) is 5.82 Å². The molecule has 2 heteroatoms. The largest absolute Gasteiger partial charge is 0.388 e. The Bertz CT molecular complexity index is 309. The van der Waals surface area contributed by atoms with Gasteiger partial charge in [0.05, 0.1) is 6.10 Å². The normalized spacial score (nSPS) is 12.8. The molecule has 0 aliphatic rings. The second-order valence-electron chi connectivity index (χ2n) is 3.99. The maximum atomic E-state index is 13.6. The van der Waals surface area contributed by atoms with Crippen molar-refractivity contribution in [3.05, 3.63) is 35.1 Å². The molecule has 0 aliphatic heterocycles. The van der Waals surface area contributed by atoms with E-state index < -0.39 is 6.10 Å². The van der Waals surface area contributed by atoms with Crippen molar-refractivity contribution >= 4 is 0 Å². The first-order valence-electron chi connectivity index (χ1n) is 5.60. The summed E-state index contributed by atoms with van der Waals surface area (Å²) in [6, 6.07) is 5.17. The van der Waals surface area contributed by atoms with Gasteiger partial charge in [-0.2, -0.15) is 0 Å². The molecular weight excluding hydrogens is 191 g/mol. The molecule has 1 unspecified atom stereocenters. The molecule has 0 aromatic heterocycles. The van der Waals surface area contributed by atoms with Crippen LogP contribution >= 0.6 is 0 Å². The molecule has 1 atom stereocenters. The highest BCUT2D eigenvalue weighted by Crippen LogP contribution is 2.23. The van der Waals surface area contributed by atoms with E-state index in [1.54, 1.807) is 25.1 Å². The van der Waals surface area contributed by atoms with Crippen LogP contribution in [0.5, 0.6) is 0 Å². The molecule has 1 rings (SSSR count). The van der Waals surface area contributed by atoms with E-state index in [0.717, 1.165) is 19.3 Å². The number of benzene rings is 1. The van der Waals surface area contributed by atoms with Crippen molar-refractivity contribution in [1.29, 1.82) is 0 Å². The molecule has 0 aliphatic carbocycles. The lowest BCUT2D eigenvalue weighted by Crippen LogP contribution is -2.02. The van der Waals surface area contributed by atoms with Crippen LogP contribution in [0.15, 0.2) is 18.2 Å². The van der Waals surface area contributed by atoms with Crippen LogP contribution in [-0.4, -0.2) is 5.11 Å². The second kappa shape index (κ2) is 5.86. The molecule has 0 saturated carbocycles. The summed E-state index contributed by atoms with van der Waals surface area (Å²) in [5.41, 5.74) is 1.04. The number of hydrogen-bond acceptors (Lipinski definition) is 1. The minimum absolute atomic E-state index is 0.263. The van der Waals surface area contributed by atoms with E-state index in [4.69, 9.17) is 0 Å². The molecule has 15 heavy (non-hydrogen) atoms. The van der Waals surface area contributed by atoms with Crippen LogP contribution in [0.4, 0.5) is 4.39 Å². The highest BCUT2D eigenvalue weighted by molar-refractivity contribution is 5.26. The zero-order chi connectivity index (χ0) is 11.3. The van der Waals surface area contributed by atoms with Crippen molar-refractivity contribution in [3.63, 3.8) is 0 Å². The van der Waals surface area contributed by atoms with Crippen LogP contribution in [0.25, 0.3) is 0 Å². The number of aliphatic hydroxyl groups excluding tert-OH is 1. The van der Waals surface area contributed by atoms with Gasteiger partial charge in [-0.15, -0.1) is 0 Å². The molecule has 0 spiro atoms. The quantitative estimate of drug-likeness (QED) is 0.734. The SMILES string of the molecule is CCCCCC(O)c1cccc(C)c1F. The molecule has 0 fully saturated rings. The molecule has 0 heterocycles. The van der Waals surface area contributed by atoms with Crippen LogP contribution in [0, 0.1) is 12.7 Å². The lowest BCUT2D eigenvalue weighted by molar-refractivity contribution is 0.159. The lowest BCUT2D eigenvalue weighted by Gasteiger charge is -2.12. The fourth-order valence-corrected chi connectivity index (χ4v) is 1.67. The third-order valence-electron chi connectivity index (χ3n) is 2.66. The van der Waals surface area contributed by atoms with Crippen LogP contribution in [0.3, 0.4) is 0 Å². The van der Waals surface area contributed by atoms with E-state index in [0.29, 0.717) is 17.5 Å². The standard InChI is InChI=1S/C13H19FO/c1-3-4-5-9-12(15)11-8-6-7-10(2)13(11)14/h6-8,12,15H,3-5,9H2,1-2H3. The monoisotopic (exact) mass is 210 g/mol. The number of aliphatic hydroxyl groups is 1. The van der Waals surface area contributed by atoms with E-state index in [2.05, 4.69) is 6.92 Å². The molecule has 1 aromatic rings. The Morgan fingerprint density at radius 3 is 2.73 bits per heavy atom. The second-order valence-corrected chi connectivity index (χ2v) is 3.99. The van der Waals surface area contributed by atoms with Gasteiger partial charge in [-0.05, 0) is 18.9 Å². The predicted octanol–water partition coefficient (Wildman–Crippen LogP) is 3.75. The fourth-order valence-electron chi connectivity index (χ4n) is 1.67. The average molecular weight is 210 g/mol. The van der Waals surface area contributed by atoms with Crippen LogP contribution in [0.1, 0.15) is 49.8 Å². The Kier molecular flexibility index (Phi) is 4.76. The van der Waals surface area contributed by atoms with Gasteiger partial charge in [0.15, 0.2) is 0 Å². The fraction of sp³-hybridized carbons (Fsp3) is 0.538.